The van der Waals surface area contributed by atoms with Gasteiger partial charge in [-0.2, -0.15) is 0 Å². The largest absolute Gasteiger partial charge is 0.455 e. The van der Waals surface area contributed by atoms with Gasteiger partial charge in [0, 0.05) is 25.0 Å². The van der Waals surface area contributed by atoms with Gasteiger partial charge in [-0.1, -0.05) is 168 Å². The molecule has 9 nitrogen and oxygen atoms in total. The average Bonchev–Trinajstić information content (AvgIpc) is 3.63. The van der Waals surface area contributed by atoms with E-state index in [0.29, 0.717) is 25.1 Å². The van der Waals surface area contributed by atoms with Gasteiger partial charge in [-0.05, 0) is 12.8 Å². The highest BCUT2D eigenvalue weighted by Gasteiger charge is 2.35. The zero-order valence-electron chi connectivity index (χ0n) is 32.2. The van der Waals surface area contributed by atoms with Crippen LogP contribution >= 0.6 is 0 Å². The van der Waals surface area contributed by atoms with Gasteiger partial charge in [-0.25, -0.2) is 4.99 Å². The van der Waals surface area contributed by atoms with E-state index in [4.69, 9.17) is 15.2 Å². The highest BCUT2D eigenvalue weighted by Crippen LogP contribution is 2.18. The van der Waals surface area contributed by atoms with Gasteiger partial charge in [-0.15, -0.1) is 0 Å². The minimum Gasteiger partial charge on any atom is -0.455 e. The molecule has 0 aromatic heterocycles. The van der Waals surface area contributed by atoms with Crippen LogP contribution in [0.4, 0.5) is 0 Å². The number of esters is 2. The quantitative estimate of drug-likeness (QED) is 0.0489. The van der Waals surface area contributed by atoms with Gasteiger partial charge >= 0.3 is 11.9 Å². The first-order valence-electron chi connectivity index (χ1n) is 20.8. The minimum atomic E-state index is -1.40. The third kappa shape index (κ3) is 24.9. The van der Waals surface area contributed by atoms with Crippen molar-refractivity contribution >= 4 is 29.8 Å². The van der Waals surface area contributed by atoms with Crippen molar-refractivity contribution in [1.29, 1.82) is 0 Å². The molecule has 0 bridgehead atoms. The molecular formula is C41H75N3O6. The molecule has 1 rings (SSSR count). The molecule has 9 heteroatoms. The van der Waals surface area contributed by atoms with E-state index in [0.717, 1.165) is 38.5 Å². The van der Waals surface area contributed by atoms with Crippen molar-refractivity contribution in [2.75, 3.05) is 13.2 Å². The molecule has 290 valence electrons. The summed E-state index contributed by atoms with van der Waals surface area (Å²) in [4.78, 5) is 47.1. The first-order chi connectivity index (χ1) is 24.4. The van der Waals surface area contributed by atoms with Crippen molar-refractivity contribution in [2.45, 2.75) is 218 Å². The van der Waals surface area contributed by atoms with Crippen LogP contribution in [0.15, 0.2) is 9.98 Å². The van der Waals surface area contributed by atoms with Crippen LogP contribution in [0.2, 0.25) is 0 Å². The maximum absolute atomic E-state index is 13.4. The fraction of sp³-hybridized carbons (Fsp3) is 0.878. The number of carbonyl (C=O) groups excluding carboxylic acids is 3. The Morgan fingerprint density at radius 3 is 1.48 bits per heavy atom. The third-order valence-electron chi connectivity index (χ3n) is 9.73. The highest BCUT2D eigenvalue weighted by atomic mass is 16.6. The molecule has 0 saturated carbocycles. The van der Waals surface area contributed by atoms with Gasteiger partial charge in [0.05, 0.1) is 13.2 Å². The number of ether oxygens (including phenoxy) is 2. The van der Waals surface area contributed by atoms with E-state index in [9.17, 15) is 19.5 Å². The van der Waals surface area contributed by atoms with E-state index >= 15 is 0 Å². The van der Waals surface area contributed by atoms with Gasteiger partial charge in [-0.3, -0.25) is 19.4 Å². The van der Waals surface area contributed by atoms with Crippen LogP contribution in [0.25, 0.3) is 0 Å². The van der Waals surface area contributed by atoms with Gasteiger partial charge < -0.3 is 20.3 Å². The van der Waals surface area contributed by atoms with E-state index < -0.39 is 36.8 Å². The highest BCUT2D eigenvalue weighted by molar-refractivity contribution is 5.99. The summed E-state index contributed by atoms with van der Waals surface area (Å²) in [5, 5.41) is 10.2. The van der Waals surface area contributed by atoms with Crippen molar-refractivity contribution in [3.05, 3.63) is 0 Å². The lowest BCUT2D eigenvalue weighted by atomic mass is 10.0. The number of hydrogen-bond acceptors (Lipinski definition) is 9. The Kier molecular flexibility index (Phi) is 30.1. The number of Topliss-reactive ketones (excluding diaryl/α,β-unsaturated/α-hetero) is 1. The molecule has 0 aliphatic carbocycles. The van der Waals surface area contributed by atoms with Crippen molar-refractivity contribution in [3.63, 3.8) is 0 Å². The van der Waals surface area contributed by atoms with Gasteiger partial charge in [0.25, 0.3) is 0 Å². The number of hydrogen-bond donors (Lipinski definition) is 2. The fourth-order valence-electron chi connectivity index (χ4n) is 6.49. The second-order valence-corrected chi connectivity index (χ2v) is 14.5. The van der Waals surface area contributed by atoms with Crippen LogP contribution in [0.3, 0.4) is 0 Å². The zero-order valence-corrected chi connectivity index (χ0v) is 32.2. The molecule has 50 heavy (non-hydrogen) atoms. The number of aliphatic hydroxyl groups is 1. The minimum absolute atomic E-state index is 0.154. The molecule has 0 amide bonds. The van der Waals surface area contributed by atoms with E-state index in [1.807, 2.05) is 0 Å². The Bertz CT molecular complexity index is 924. The molecule has 0 aromatic rings. The predicted molar refractivity (Wildman–Crippen MR) is 206 cm³/mol. The number of aliphatic hydroxyl groups excluding tert-OH is 1. The van der Waals surface area contributed by atoms with E-state index in [1.54, 1.807) is 0 Å². The van der Waals surface area contributed by atoms with Crippen LogP contribution < -0.4 is 5.73 Å². The van der Waals surface area contributed by atoms with Gasteiger partial charge in [0.1, 0.15) is 12.4 Å². The number of unbranched alkanes of at least 4 members (excludes halogenated alkanes) is 24. The van der Waals surface area contributed by atoms with Crippen molar-refractivity contribution in [1.82, 2.24) is 0 Å². The molecule has 3 N–H and O–H groups in total. The molecule has 2 unspecified atom stereocenters. The number of carbonyl (C=O) groups is 3. The summed E-state index contributed by atoms with van der Waals surface area (Å²) in [6.45, 7) is 4.24. The van der Waals surface area contributed by atoms with Crippen LogP contribution in [-0.2, 0) is 23.9 Å². The maximum atomic E-state index is 13.4. The molecule has 1 aliphatic heterocycles. The Hall–Kier alpha value is -2.13. The monoisotopic (exact) mass is 706 g/mol. The smallest absolute Gasteiger partial charge is 0.324 e. The Labute approximate surface area is 305 Å². The summed E-state index contributed by atoms with van der Waals surface area (Å²) >= 11 is 0. The van der Waals surface area contributed by atoms with Crippen molar-refractivity contribution in [2.24, 2.45) is 15.7 Å². The fourth-order valence-corrected chi connectivity index (χ4v) is 6.49. The van der Waals surface area contributed by atoms with Crippen LogP contribution in [0.1, 0.15) is 200 Å². The Morgan fingerprint density at radius 1 is 0.660 bits per heavy atom. The lowest BCUT2D eigenvalue weighted by molar-refractivity contribution is -0.175. The molecule has 1 aliphatic rings. The van der Waals surface area contributed by atoms with Crippen LogP contribution in [0.5, 0.6) is 0 Å². The van der Waals surface area contributed by atoms with Crippen LogP contribution in [-0.4, -0.2) is 66.3 Å². The van der Waals surface area contributed by atoms with E-state index in [-0.39, 0.29) is 25.0 Å². The molecule has 3 atom stereocenters. The summed E-state index contributed by atoms with van der Waals surface area (Å²) in [6.07, 6.45) is 30.4. The maximum Gasteiger partial charge on any atom is 0.324 e. The van der Waals surface area contributed by atoms with E-state index in [2.05, 4.69) is 23.8 Å². The Morgan fingerprint density at radius 2 is 1.08 bits per heavy atom. The van der Waals surface area contributed by atoms with Crippen molar-refractivity contribution in [3.8, 4) is 0 Å². The molecule has 0 fully saturated rings. The van der Waals surface area contributed by atoms with Gasteiger partial charge in [0.15, 0.2) is 18.0 Å². The molecule has 0 radical (unpaired) electrons. The number of rotatable bonds is 36. The molecule has 0 saturated heterocycles. The summed E-state index contributed by atoms with van der Waals surface area (Å²) < 4.78 is 11.1. The lowest BCUT2D eigenvalue weighted by Crippen LogP contribution is -2.46. The third-order valence-corrected chi connectivity index (χ3v) is 9.73. The van der Waals surface area contributed by atoms with Gasteiger partial charge in [0.2, 0.25) is 0 Å². The Balaban J connectivity index is 2.43. The van der Waals surface area contributed by atoms with Crippen molar-refractivity contribution < 1.29 is 29.0 Å². The standard InChI is InChI=1S/C41H75N3O6/c1-3-5-7-9-11-13-15-17-19-21-23-25-27-29-37(46)40(50-41(48)36(42)31-35-32-43-34-44-35)38(33-45)49-39(47)30-28-26-24-22-20-18-16-14-12-10-8-6-4-2/h34,36,38,40,45H,3-33,42H2,1-2H3/t36-,38?,40?/m1/s1. The average molecular weight is 706 g/mol. The predicted octanol–water partition coefficient (Wildman–Crippen LogP) is 9.53. The molecule has 1 heterocycles. The number of nitrogens with two attached hydrogens (primary N) is 1. The summed E-state index contributed by atoms with van der Waals surface area (Å²) in [5.41, 5.74) is 6.74. The topological polar surface area (TPSA) is 141 Å². The normalized spacial score (nSPS) is 14.4. The molecular weight excluding hydrogens is 630 g/mol. The summed E-state index contributed by atoms with van der Waals surface area (Å²) in [7, 11) is 0. The molecule has 0 aromatic carbocycles. The zero-order chi connectivity index (χ0) is 36.5. The number of nitrogens with zero attached hydrogens (tertiary/aromatic N) is 2. The van der Waals surface area contributed by atoms with E-state index in [1.165, 1.54) is 122 Å². The second-order valence-electron chi connectivity index (χ2n) is 14.5. The first-order valence-corrected chi connectivity index (χ1v) is 20.8. The SMILES string of the molecule is CCCCCCCCCCCCCCCC(=O)OC(CO)C(OC(=O)[C@H](N)CC1=NC=NC1)C(=O)CCCCCCCCCCCCCCC. The van der Waals surface area contributed by atoms with Crippen LogP contribution in [0, 0.1) is 0 Å². The second kappa shape index (κ2) is 32.8. The number of ketones is 1. The summed E-state index contributed by atoms with van der Waals surface area (Å²) in [6, 6.07) is -1.04. The first kappa shape index (κ1) is 45.9. The molecule has 0 spiro atoms. The summed E-state index contributed by atoms with van der Waals surface area (Å²) in [5.74, 6) is -1.64. The number of aliphatic imine (C=N–C) groups is 2. The lowest BCUT2D eigenvalue weighted by Gasteiger charge is -2.26.